The van der Waals surface area contributed by atoms with E-state index in [1.807, 2.05) is 6.92 Å². The van der Waals surface area contributed by atoms with Gasteiger partial charge in [0.1, 0.15) is 18.0 Å². The molecule has 2 aromatic heterocycles. The van der Waals surface area contributed by atoms with Crippen molar-refractivity contribution >= 4 is 29.0 Å². The standard InChI is InChI=1S/C23H20F3N7O/c1-14-6-7-17(31-21(34)15-4-3-5-16(10-15)23(24,25)26)11-18(14)32-22-28-8-9-33(22)20-12-19(27-2)29-13-30-20/h3-13H,1-2H3,(H,28,32)(H,31,34)(H,27,29,30). The molecule has 0 spiro atoms. The van der Waals surface area contributed by atoms with Crippen LogP contribution in [0, 0.1) is 6.92 Å². The average molecular weight is 467 g/mol. The van der Waals surface area contributed by atoms with Crippen molar-refractivity contribution in [1.82, 2.24) is 19.5 Å². The number of halogens is 3. The molecule has 0 saturated heterocycles. The number of carbonyl (C=O) groups excluding carboxylic acids is 1. The fourth-order valence-electron chi connectivity index (χ4n) is 3.19. The fraction of sp³-hybridized carbons (Fsp3) is 0.130. The van der Waals surface area contributed by atoms with Crippen LogP contribution < -0.4 is 16.0 Å². The van der Waals surface area contributed by atoms with Gasteiger partial charge < -0.3 is 16.0 Å². The third-order valence-corrected chi connectivity index (χ3v) is 4.99. The van der Waals surface area contributed by atoms with Gasteiger partial charge in [-0.2, -0.15) is 13.2 Å². The summed E-state index contributed by atoms with van der Waals surface area (Å²) in [7, 11) is 1.75. The third kappa shape index (κ3) is 4.98. The number of alkyl halides is 3. The Hall–Kier alpha value is -4.41. The molecule has 2 heterocycles. The first kappa shape index (κ1) is 22.8. The number of hydrogen-bond acceptors (Lipinski definition) is 6. The molecule has 0 radical (unpaired) electrons. The Morgan fingerprint density at radius 2 is 1.85 bits per heavy atom. The molecule has 0 atom stereocenters. The van der Waals surface area contributed by atoms with Gasteiger partial charge in [-0.1, -0.05) is 12.1 Å². The molecule has 174 valence electrons. The molecule has 2 aromatic carbocycles. The molecule has 1 amide bonds. The van der Waals surface area contributed by atoms with Crippen molar-refractivity contribution in [1.29, 1.82) is 0 Å². The summed E-state index contributed by atoms with van der Waals surface area (Å²) >= 11 is 0. The van der Waals surface area contributed by atoms with Gasteiger partial charge in [-0.3, -0.25) is 9.36 Å². The minimum absolute atomic E-state index is 0.0930. The van der Waals surface area contributed by atoms with Crippen LogP contribution in [-0.4, -0.2) is 32.5 Å². The predicted octanol–water partition coefficient (Wildman–Crippen LogP) is 5.03. The zero-order chi connectivity index (χ0) is 24.3. The van der Waals surface area contributed by atoms with E-state index in [2.05, 4.69) is 30.9 Å². The molecule has 0 bridgehead atoms. The summed E-state index contributed by atoms with van der Waals surface area (Å²) < 4.78 is 40.7. The first-order valence-corrected chi connectivity index (χ1v) is 10.1. The number of nitrogens with one attached hydrogen (secondary N) is 3. The fourth-order valence-corrected chi connectivity index (χ4v) is 3.19. The van der Waals surface area contributed by atoms with Crippen LogP contribution in [0.3, 0.4) is 0 Å². The van der Waals surface area contributed by atoms with Crippen LogP contribution >= 0.6 is 0 Å². The Labute approximate surface area is 192 Å². The summed E-state index contributed by atoms with van der Waals surface area (Å²) in [6.45, 7) is 1.87. The van der Waals surface area contributed by atoms with Crippen molar-refractivity contribution in [2.45, 2.75) is 13.1 Å². The van der Waals surface area contributed by atoms with Crippen LogP contribution in [0.15, 0.2) is 67.3 Å². The summed E-state index contributed by atoms with van der Waals surface area (Å²) in [5.41, 5.74) is 0.949. The second-order valence-electron chi connectivity index (χ2n) is 7.32. The number of rotatable bonds is 6. The molecule has 0 fully saturated rings. The average Bonchev–Trinajstić information content (AvgIpc) is 3.29. The van der Waals surface area contributed by atoms with E-state index in [4.69, 9.17) is 0 Å². The monoisotopic (exact) mass is 467 g/mol. The van der Waals surface area contributed by atoms with E-state index in [9.17, 15) is 18.0 Å². The molecule has 0 saturated carbocycles. The van der Waals surface area contributed by atoms with Crippen LogP contribution in [-0.2, 0) is 6.18 Å². The van der Waals surface area contributed by atoms with E-state index >= 15 is 0 Å². The first-order chi connectivity index (χ1) is 16.2. The van der Waals surface area contributed by atoms with E-state index in [-0.39, 0.29) is 5.56 Å². The second-order valence-corrected chi connectivity index (χ2v) is 7.32. The molecule has 4 rings (SSSR count). The van der Waals surface area contributed by atoms with Gasteiger partial charge in [0.05, 0.1) is 5.56 Å². The number of hydrogen-bond donors (Lipinski definition) is 3. The van der Waals surface area contributed by atoms with Crippen LogP contribution in [0.4, 0.5) is 36.3 Å². The van der Waals surface area contributed by atoms with E-state index < -0.39 is 17.6 Å². The molecule has 0 unspecified atom stereocenters. The largest absolute Gasteiger partial charge is 0.416 e. The summed E-state index contributed by atoms with van der Waals surface area (Å²) in [4.78, 5) is 25.3. The maximum Gasteiger partial charge on any atom is 0.416 e. The Bertz CT molecular complexity index is 1330. The highest BCUT2D eigenvalue weighted by Gasteiger charge is 2.30. The minimum Gasteiger partial charge on any atom is -0.373 e. The minimum atomic E-state index is -4.53. The number of aryl methyl sites for hydroxylation is 1. The molecule has 0 aliphatic carbocycles. The van der Waals surface area contributed by atoms with Crippen LogP contribution in [0.2, 0.25) is 0 Å². The SMILES string of the molecule is CNc1cc(-n2ccnc2Nc2cc(NC(=O)c3cccc(C(F)(F)F)c3)ccc2C)ncn1. The zero-order valence-electron chi connectivity index (χ0n) is 18.2. The zero-order valence-corrected chi connectivity index (χ0v) is 18.2. The van der Waals surface area contributed by atoms with E-state index in [1.165, 1.54) is 18.5 Å². The van der Waals surface area contributed by atoms with Gasteiger partial charge in [0.15, 0.2) is 0 Å². The Morgan fingerprint density at radius 1 is 1.03 bits per heavy atom. The highest BCUT2D eigenvalue weighted by Crippen LogP contribution is 2.30. The van der Waals surface area contributed by atoms with E-state index in [1.54, 1.807) is 48.3 Å². The lowest BCUT2D eigenvalue weighted by Crippen LogP contribution is -2.14. The molecule has 0 aliphatic rings. The van der Waals surface area contributed by atoms with Crippen molar-refractivity contribution in [2.75, 3.05) is 23.0 Å². The number of amides is 1. The van der Waals surface area contributed by atoms with Crippen LogP contribution in [0.25, 0.3) is 5.82 Å². The number of aromatic nitrogens is 4. The second kappa shape index (κ2) is 9.22. The van der Waals surface area contributed by atoms with Crippen LogP contribution in [0.1, 0.15) is 21.5 Å². The summed E-state index contributed by atoms with van der Waals surface area (Å²) in [6.07, 6.45) is 0.244. The number of anilines is 4. The Balaban J connectivity index is 1.56. The summed E-state index contributed by atoms with van der Waals surface area (Å²) in [5.74, 6) is 1.05. The van der Waals surface area contributed by atoms with Crippen molar-refractivity contribution in [3.05, 3.63) is 83.9 Å². The van der Waals surface area contributed by atoms with Gasteiger partial charge in [-0.25, -0.2) is 15.0 Å². The van der Waals surface area contributed by atoms with Crippen molar-refractivity contribution in [3.63, 3.8) is 0 Å². The normalized spacial score (nSPS) is 11.2. The molecule has 0 aliphatic heterocycles. The lowest BCUT2D eigenvalue weighted by atomic mass is 10.1. The maximum absolute atomic E-state index is 13.0. The van der Waals surface area contributed by atoms with Crippen LogP contribution in [0.5, 0.6) is 0 Å². The van der Waals surface area contributed by atoms with Gasteiger partial charge in [0, 0.05) is 42.4 Å². The summed E-state index contributed by atoms with van der Waals surface area (Å²) in [5, 5.41) is 8.80. The number of nitrogens with zero attached hydrogens (tertiary/aromatic N) is 4. The third-order valence-electron chi connectivity index (χ3n) is 4.99. The van der Waals surface area contributed by atoms with Gasteiger partial charge in [-0.15, -0.1) is 0 Å². The van der Waals surface area contributed by atoms with E-state index in [0.29, 0.717) is 29.0 Å². The summed E-state index contributed by atoms with van der Waals surface area (Å²) in [6, 6.07) is 11.2. The molecule has 4 aromatic rings. The topological polar surface area (TPSA) is 96.8 Å². The Morgan fingerprint density at radius 3 is 2.62 bits per heavy atom. The van der Waals surface area contributed by atoms with Crippen molar-refractivity contribution < 1.29 is 18.0 Å². The van der Waals surface area contributed by atoms with E-state index in [0.717, 1.165) is 17.7 Å². The Kier molecular flexibility index (Phi) is 6.17. The smallest absolute Gasteiger partial charge is 0.373 e. The lowest BCUT2D eigenvalue weighted by Gasteiger charge is -2.14. The van der Waals surface area contributed by atoms with Gasteiger partial charge in [0.25, 0.3) is 5.91 Å². The number of carbonyl (C=O) groups is 1. The van der Waals surface area contributed by atoms with Gasteiger partial charge in [0.2, 0.25) is 5.95 Å². The number of imidazole rings is 1. The van der Waals surface area contributed by atoms with Gasteiger partial charge >= 0.3 is 6.18 Å². The molecule has 11 heteroatoms. The first-order valence-electron chi connectivity index (χ1n) is 10.1. The highest BCUT2D eigenvalue weighted by molar-refractivity contribution is 6.04. The maximum atomic E-state index is 13.0. The molecule has 3 N–H and O–H groups in total. The van der Waals surface area contributed by atoms with Crippen molar-refractivity contribution in [3.8, 4) is 5.82 Å². The molecular weight excluding hydrogens is 447 g/mol. The molecular formula is C23H20F3N7O. The van der Waals surface area contributed by atoms with Crippen molar-refractivity contribution in [2.24, 2.45) is 0 Å². The lowest BCUT2D eigenvalue weighted by molar-refractivity contribution is -0.137. The highest BCUT2D eigenvalue weighted by atomic mass is 19.4. The molecule has 34 heavy (non-hydrogen) atoms. The number of benzene rings is 2. The quantitative estimate of drug-likeness (QED) is 0.368. The predicted molar refractivity (Wildman–Crippen MR) is 123 cm³/mol. The van der Waals surface area contributed by atoms with Gasteiger partial charge in [-0.05, 0) is 42.8 Å². The molecule has 8 nitrogen and oxygen atoms in total.